The van der Waals surface area contributed by atoms with Gasteiger partial charge in [-0.3, -0.25) is 14.6 Å². The molecule has 1 aliphatic carbocycles. The molecule has 3 heterocycles. The Labute approximate surface area is 164 Å². The van der Waals surface area contributed by atoms with Crippen molar-refractivity contribution in [2.24, 2.45) is 11.3 Å². The number of nitrogens with zero attached hydrogens (tertiary/aromatic N) is 3. The van der Waals surface area contributed by atoms with E-state index in [1.165, 1.54) is 4.90 Å². The zero-order valence-electron chi connectivity index (χ0n) is 16.3. The number of hydrogen-bond acceptors (Lipinski definition) is 3. The number of piperidine rings is 2. The van der Waals surface area contributed by atoms with E-state index in [1.54, 1.807) is 4.90 Å². The average molecular weight is 391 g/mol. The zero-order chi connectivity index (χ0) is 19.9. The van der Waals surface area contributed by atoms with Crippen LogP contribution in [-0.4, -0.2) is 52.2 Å². The molecule has 28 heavy (non-hydrogen) atoms. The summed E-state index contributed by atoms with van der Waals surface area (Å²) in [6.45, 7) is 2.30. The third kappa shape index (κ3) is 4.03. The predicted octanol–water partition coefficient (Wildman–Crippen LogP) is 3.17. The van der Waals surface area contributed by atoms with Crippen LogP contribution >= 0.6 is 0 Å². The molecule has 1 aromatic heterocycles. The molecule has 5 nitrogen and oxygen atoms in total. The maximum absolute atomic E-state index is 14.6. The van der Waals surface area contributed by atoms with Crippen molar-refractivity contribution in [3.63, 3.8) is 0 Å². The Balaban J connectivity index is 1.53. The number of likely N-dealkylation sites (tertiary alicyclic amines) is 2. The lowest BCUT2D eigenvalue weighted by Crippen LogP contribution is -2.61. The maximum Gasteiger partial charge on any atom is 0.266 e. The summed E-state index contributed by atoms with van der Waals surface area (Å²) in [4.78, 5) is 33.2. The summed E-state index contributed by atoms with van der Waals surface area (Å²) in [5.74, 6) is -3.18. The number of alkyl halides is 2. The predicted molar refractivity (Wildman–Crippen MR) is 99.5 cm³/mol. The van der Waals surface area contributed by atoms with E-state index in [1.807, 2.05) is 25.1 Å². The van der Waals surface area contributed by atoms with Crippen LogP contribution in [0.4, 0.5) is 8.78 Å². The van der Waals surface area contributed by atoms with Gasteiger partial charge in [0.1, 0.15) is 0 Å². The minimum atomic E-state index is -3.03. The number of amides is 2. The summed E-state index contributed by atoms with van der Waals surface area (Å²) in [5, 5.41) is 0. The van der Waals surface area contributed by atoms with Crippen molar-refractivity contribution >= 4 is 11.8 Å². The van der Waals surface area contributed by atoms with Gasteiger partial charge in [-0.2, -0.15) is 0 Å². The van der Waals surface area contributed by atoms with E-state index in [2.05, 4.69) is 4.98 Å². The lowest BCUT2D eigenvalue weighted by atomic mass is 9.71. The number of carbonyl (C=O) groups is 2. The molecule has 2 amide bonds. The molecule has 0 unspecified atom stereocenters. The monoisotopic (exact) mass is 391 g/mol. The highest BCUT2D eigenvalue weighted by Crippen LogP contribution is 2.46. The molecular weight excluding hydrogens is 364 g/mol. The molecule has 3 fully saturated rings. The third-order valence-corrected chi connectivity index (χ3v) is 6.15. The quantitative estimate of drug-likeness (QED) is 0.792. The maximum atomic E-state index is 14.6. The van der Waals surface area contributed by atoms with E-state index in [0.29, 0.717) is 38.3 Å². The molecule has 2 saturated heterocycles. The fourth-order valence-electron chi connectivity index (χ4n) is 4.68. The first kappa shape index (κ1) is 19.3. The molecule has 7 heteroatoms. The number of aromatic nitrogens is 1. The van der Waals surface area contributed by atoms with Gasteiger partial charge in [0.2, 0.25) is 11.8 Å². The molecule has 0 radical (unpaired) electrons. The first-order valence-corrected chi connectivity index (χ1v) is 10.1. The van der Waals surface area contributed by atoms with Crippen molar-refractivity contribution in [1.82, 2.24) is 14.8 Å². The smallest absolute Gasteiger partial charge is 0.266 e. The standard InChI is InChI=1S/C21H27F2N3O2/c1-15-4-2-5-17(24-15)11-25-9-3-8-20(19(25)28)12-21(22,23)14-26(13-20)18(27)10-16-6-7-16/h2,4-5,16H,3,6-14H2,1H3/t20-/m0/s1. The van der Waals surface area contributed by atoms with Crippen LogP contribution in [0.1, 0.15) is 49.9 Å². The summed E-state index contributed by atoms with van der Waals surface area (Å²) in [5.41, 5.74) is 0.440. The van der Waals surface area contributed by atoms with Crippen LogP contribution in [0.25, 0.3) is 0 Å². The molecule has 0 bridgehead atoms. The van der Waals surface area contributed by atoms with E-state index < -0.39 is 24.3 Å². The van der Waals surface area contributed by atoms with Gasteiger partial charge in [0, 0.05) is 31.6 Å². The third-order valence-electron chi connectivity index (χ3n) is 6.15. The van der Waals surface area contributed by atoms with Crippen LogP contribution in [0.3, 0.4) is 0 Å². The Bertz CT molecular complexity index is 781. The molecular formula is C21H27F2N3O2. The number of aryl methyl sites for hydroxylation is 1. The Kier molecular flexibility index (Phi) is 4.88. The van der Waals surface area contributed by atoms with Crippen LogP contribution < -0.4 is 0 Å². The normalized spacial score (nSPS) is 27.3. The minimum absolute atomic E-state index is 0.116. The Hall–Kier alpha value is -2.05. The Morgan fingerprint density at radius 2 is 2.07 bits per heavy atom. The lowest BCUT2D eigenvalue weighted by Gasteiger charge is -2.49. The summed E-state index contributed by atoms with van der Waals surface area (Å²) >= 11 is 0. The van der Waals surface area contributed by atoms with E-state index in [0.717, 1.165) is 24.2 Å². The highest BCUT2D eigenvalue weighted by Gasteiger charge is 2.56. The minimum Gasteiger partial charge on any atom is -0.336 e. The van der Waals surface area contributed by atoms with Gasteiger partial charge >= 0.3 is 0 Å². The molecule has 1 saturated carbocycles. The fraction of sp³-hybridized carbons (Fsp3) is 0.667. The van der Waals surface area contributed by atoms with E-state index in [9.17, 15) is 18.4 Å². The van der Waals surface area contributed by atoms with Gasteiger partial charge in [0.15, 0.2) is 0 Å². The van der Waals surface area contributed by atoms with Gasteiger partial charge in [-0.25, -0.2) is 8.78 Å². The second kappa shape index (κ2) is 7.08. The first-order valence-electron chi connectivity index (χ1n) is 10.1. The van der Waals surface area contributed by atoms with Gasteiger partial charge in [-0.05, 0) is 50.7 Å². The van der Waals surface area contributed by atoms with Crippen molar-refractivity contribution in [1.29, 1.82) is 0 Å². The first-order chi connectivity index (χ1) is 13.3. The summed E-state index contributed by atoms with van der Waals surface area (Å²) in [6.07, 6.45) is 2.93. The second-order valence-corrected chi connectivity index (χ2v) is 8.81. The number of pyridine rings is 1. The molecule has 0 aromatic carbocycles. The molecule has 1 atom stereocenters. The summed E-state index contributed by atoms with van der Waals surface area (Å²) < 4.78 is 29.2. The average Bonchev–Trinajstić information content (AvgIpc) is 3.42. The number of hydrogen-bond donors (Lipinski definition) is 0. The number of halogens is 2. The fourth-order valence-corrected chi connectivity index (χ4v) is 4.68. The number of rotatable bonds is 4. The number of carbonyl (C=O) groups excluding carboxylic acids is 2. The van der Waals surface area contributed by atoms with Crippen molar-refractivity contribution in [2.45, 2.75) is 57.9 Å². The summed E-state index contributed by atoms with van der Waals surface area (Å²) in [6, 6.07) is 5.62. The van der Waals surface area contributed by atoms with Gasteiger partial charge in [-0.15, -0.1) is 0 Å². The Morgan fingerprint density at radius 3 is 2.79 bits per heavy atom. The van der Waals surface area contributed by atoms with Crippen molar-refractivity contribution < 1.29 is 18.4 Å². The summed E-state index contributed by atoms with van der Waals surface area (Å²) in [7, 11) is 0. The van der Waals surface area contributed by atoms with Crippen LogP contribution in [0.5, 0.6) is 0 Å². The van der Waals surface area contributed by atoms with Gasteiger partial charge < -0.3 is 9.80 Å². The van der Waals surface area contributed by atoms with Crippen LogP contribution in [0, 0.1) is 18.3 Å². The SMILES string of the molecule is Cc1cccc(CN2CCC[C@]3(CN(C(=O)CC4CC4)CC(F)(F)C3)C2=O)n1. The highest BCUT2D eigenvalue weighted by atomic mass is 19.3. The van der Waals surface area contributed by atoms with Crippen molar-refractivity contribution in [2.75, 3.05) is 19.6 Å². The van der Waals surface area contributed by atoms with Gasteiger partial charge in [0.05, 0.1) is 24.2 Å². The zero-order valence-corrected chi connectivity index (χ0v) is 16.3. The highest BCUT2D eigenvalue weighted by molar-refractivity contribution is 5.85. The molecule has 4 rings (SSSR count). The second-order valence-electron chi connectivity index (χ2n) is 8.81. The Morgan fingerprint density at radius 1 is 1.29 bits per heavy atom. The molecule has 1 spiro atoms. The van der Waals surface area contributed by atoms with Crippen LogP contribution in [-0.2, 0) is 16.1 Å². The molecule has 1 aromatic rings. The molecule has 3 aliphatic rings. The van der Waals surface area contributed by atoms with Crippen molar-refractivity contribution in [3.05, 3.63) is 29.6 Å². The van der Waals surface area contributed by atoms with E-state index in [4.69, 9.17) is 0 Å². The van der Waals surface area contributed by atoms with E-state index >= 15 is 0 Å². The van der Waals surface area contributed by atoms with Crippen molar-refractivity contribution in [3.8, 4) is 0 Å². The largest absolute Gasteiger partial charge is 0.336 e. The van der Waals surface area contributed by atoms with E-state index in [-0.39, 0.29) is 18.4 Å². The van der Waals surface area contributed by atoms with Gasteiger partial charge in [0.25, 0.3) is 5.92 Å². The van der Waals surface area contributed by atoms with Crippen LogP contribution in [0.2, 0.25) is 0 Å². The van der Waals surface area contributed by atoms with Gasteiger partial charge in [-0.1, -0.05) is 6.07 Å². The van der Waals surface area contributed by atoms with Crippen LogP contribution in [0.15, 0.2) is 18.2 Å². The molecule has 2 aliphatic heterocycles. The topological polar surface area (TPSA) is 53.5 Å². The molecule has 0 N–H and O–H groups in total. The molecule has 152 valence electrons. The lowest BCUT2D eigenvalue weighted by molar-refractivity contribution is -0.175.